The van der Waals surface area contributed by atoms with E-state index in [0.717, 1.165) is 4.90 Å². The summed E-state index contributed by atoms with van der Waals surface area (Å²) in [4.78, 5) is 49.4. The third-order valence-electron chi connectivity index (χ3n) is 3.83. The summed E-state index contributed by atoms with van der Waals surface area (Å²) in [5, 5.41) is 11.2. The molecule has 0 aliphatic heterocycles. The highest BCUT2D eigenvalue weighted by atomic mass is 16.4. The van der Waals surface area contributed by atoms with Crippen molar-refractivity contribution in [1.82, 2.24) is 15.1 Å². The molecule has 0 aliphatic rings. The van der Waals surface area contributed by atoms with Crippen molar-refractivity contribution in [1.29, 1.82) is 0 Å². The Kier molecular flexibility index (Phi) is 9.11. The molecule has 0 heterocycles. The second-order valence-corrected chi connectivity index (χ2v) is 6.68. The first-order valence-corrected chi connectivity index (χ1v) is 8.17. The standard InChI is InChI=1S/C16H30N4O5/c1-9(2)7-12(17)16(25)20(6)11(4)14(23)18-10(3)15(24)19(5)8-13(21)22/h9-12H,7-8,17H2,1-6H3,(H,18,23)(H,21,22)/t10-,11-,12-/m0/s1. The molecule has 0 fully saturated rings. The van der Waals surface area contributed by atoms with E-state index < -0.39 is 42.5 Å². The molecule has 25 heavy (non-hydrogen) atoms. The van der Waals surface area contributed by atoms with Gasteiger partial charge in [0, 0.05) is 14.1 Å². The fourth-order valence-electron chi connectivity index (χ4n) is 2.24. The molecule has 4 N–H and O–H groups in total. The van der Waals surface area contributed by atoms with Crippen molar-refractivity contribution in [3.63, 3.8) is 0 Å². The van der Waals surface area contributed by atoms with Gasteiger partial charge in [0.2, 0.25) is 17.7 Å². The number of nitrogens with zero attached hydrogens (tertiary/aromatic N) is 2. The average Bonchev–Trinajstić information content (AvgIpc) is 2.50. The zero-order valence-corrected chi connectivity index (χ0v) is 15.8. The van der Waals surface area contributed by atoms with Gasteiger partial charge in [0.1, 0.15) is 18.6 Å². The quantitative estimate of drug-likeness (QED) is 0.497. The van der Waals surface area contributed by atoms with Crippen molar-refractivity contribution in [3.8, 4) is 0 Å². The van der Waals surface area contributed by atoms with E-state index in [1.807, 2.05) is 13.8 Å². The molecule has 0 saturated carbocycles. The predicted molar refractivity (Wildman–Crippen MR) is 92.5 cm³/mol. The molecule has 9 nitrogen and oxygen atoms in total. The predicted octanol–water partition coefficient (Wildman–Crippen LogP) is -0.746. The number of carboxylic acids is 1. The summed E-state index contributed by atoms with van der Waals surface area (Å²) in [6, 6.07) is -2.42. The van der Waals surface area contributed by atoms with Crippen LogP contribution in [0.3, 0.4) is 0 Å². The average molecular weight is 358 g/mol. The van der Waals surface area contributed by atoms with Crippen LogP contribution in [0.1, 0.15) is 34.1 Å². The molecule has 0 saturated heterocycles. The van der Waals surface area contributed by atoms with Gasteiger partial charge in [0.05, 0.1) is 6.04 Å². The molecule has 9 heteroatoms. The highest BCUT2D eigenvalue weighted by Crippen LogP contribution is 2.07. The van der Waals surface area contributed by atoms with E-state index in [4.69, 9.17) is 10.8 Å². The first-order valence-electron chi connectivity index (χ1n) is 8.17. The number of aliphatic carboxylic acids is 1. The number of hydrogen-bond donors (Lipinski definition) is 3. The normalized spacial score (nSPS) is 14.4. The monoisotopic (exact) mass is 358 g/mol. The Morgan fingerprint density at radius 1 is 1.04 bits per heavy atom. The summed E-state index contributed by atoms with van der Waals surface area (Å²) in [5.41, 5.74) is 5.85. The summed E-state index contributed by atoms with van der Waals surface area (Å²) >= 11 is 0. The van der Waals surface area contributed by atoms with Crippen molar-refractivity contribution in [3.05, 3.63) is 0 Å². The number of likely N-dealkylation sites (N-methyl/N-ethyl adjacent to an activating group) is 2. The smallest absolute Gasteiger partial charge is 0.323 e. The fourth-order valence-corrected chi connectivity index (χ4v) is 2.24. The molecular formula is C16H30N4O5. The molecule has 144 valence electrons. The molecule has 0 spiro atoms. The zero-order valence-electron chi connectivity index (χ0n) is 15.8. The maximum Gasteiger partial charge on any atom is 0.323 e. The van der Waals surface area contributed by atoms with Crippen LogP contribution < -0.4 is 11.1 Å². The van der Waals surface area contributed by atoms with Crippen LogP contribution in [0.2, 0.25) is 0 Å². The number of nitrogens with two attached hydrogens (primary N) is 1. The Morgan fingerprint density at radius 2 is 1.56 bits per heavy atom. The molecule has 3 atom stereocenters. The van der Waals surface area contributed by atoms with Crippen LogP contribution in [0.4, 0.5) is 0 Å². The van der Waals surface area contributed by atoms with E-state index in [1.54, 1.807) is 0 Å². The first-order chi connectivity index (χ1) is 11.4. The number of rotatable bonds is 9. The Morgan fingerprint density at radius 3 is 2.00 bits per heavy atom. The molecule has 0 unspecified atom stereocenters. The van der Waals surface area contributed by atoms with Gasteiger partial charge in [-0.15, -0.1) is 0 Å². The van der Waals surface area contributed by atoms with Crippen molar-refractivity contribution in [2.45, 2.75) is 52.2 Å². The Labute approximate surface area is 148 Å². The van der Waals surface area contributed by atoms with Gasteiger partial charge in [0.15, 0.2) is 0 Å². The van der Waals surface area contributed by atoms with Crippen molar-refractivity contribution in [2.75, 3.05) is 20.6 Å². The molecule has 0 bridgehead atoms. The fraction of sp³-hybridized carbons (Fsp3) is 0.750. The van der Waals surface area contributed by atoms with Gasteiger partial charge in [-0.25, -0.2) is 0 Å². The van der Waals surface area contributed by atoms with Gasteiger partial charge in [0.25, 0.3) is 0 Å². The van der Waals surface area contributed by atoms with Crippen LogP contribution in [-0.2, 0) is 19.2 Å². The van der Waals surface area contributed by atoms with E-state index in [-0.39, 0.29) is 11.8 Å². The molecular weight excluding hydrogens is 328 g/mol. The van der Waals surface area contributed by atoms with E-state index in [0.29, 0.717) is 6.42 Å². The summed E-state index contributed by atoms with van der Waals surface area (Å²) in [7, 11) is 2.82. The van der Waals surface area contributed by atoms with E-state index in [9.17, 15) is 19.2 Å². The lowest BCUT2D eigenvalue weighted by Gasteiger charge is -2.29. The lowest BCUT2D eigenvalue weighted by Crippen LogP contribution is -2.55. The van der Waals surface area contributed by atoms with E-state index in [2.05, 4.69) is 5.32 Å². The van der Waals surface area contributed by atoms with Crippen LogP contribution >= 0.6 is 0 Å². The van der Waals surface area contributed by atoms with Crippen LogP contribution in [0, 0.1) is 5.92 Å². The van der Waals surface area contributed by atoms with Gasteiger partial charge < -0.3 is 26.0 Å². The molecule has 0 aliphatic carbocycles. The number of amides is 3. The Hall–Kier alpha value is -2.16. The van der Waals surface area contributed by atoms with Crippen LogP contribution in [0.15, 0.2) is 0 Å². The lowest BCUT2D eigenvalue weighted by molar-refractivity contribution is -0.145. The van der Waals surface area contributed by atoms with E-state index >= 15 is 0 Å². The Balaban J connectivity index is 4.75. The van der Waals surface area contributed by atoms with Gasteiger partial charge in [-0.1, -0.05) is 13.8 Å². The molecule has 3 amide bonds. The second kappa shape index (κ2) is 9.97. The third kappa shape index (κ3) is 7.51. The number of carbonyl (C=O) groups excluding carboxylic acids is 3. The van der Waals surface area contributed by atoms with E-state index in [1.165, 1.54) is 32.8 Å². The molecule has 0 rings (SSSR count). The molecule has 0 aromatic heterocycles. The topological polar surface area (TPSA) is 133 Å². The van der Waals surface area contributed by atoms with Gasteiger partial charge in [-0.3, -0.25) is 19.2 Å². The third-order valence-corrected chi connectivity index (χ3v) is 3.83. The first kappa shape index (κ1) is 22.8. The molecule has 0 radical (unpaired) electrons. The number of nitrogens with one attached hydrogen (secondary N) is 1. The lowest BCUT2D eigenvalue weighted by atomic mass is 10.0. The van der Waals surface area contributed by atoms with Gasteiger partial charge >= 0.3 is 5.97 Å². The van der Waals surface area contributed by atoms with Gasteiger partial charge in [-0.2, -0.15) is 0 Å². The van der Waals surface area contributed by atoms with Crippen LogP contribution in [0.25, 0.3) is 0 Å². The largest absolute Gasteiger partial charge is 0.480 e. The number of hydrogen-bond acceptors (Lipinski definition) is 5. The van der Waals surface area contributed by atoms with Crippen molar-refractivity contribution >= 4 is 23.7 Å². The number of carbonyl (C=O) groups is 4. The highest BCUT2D eigenvalue weighted by molar-refractivity contribution is 5.93. The maximum absolute atomic E-state index is 12.3. The molecule has 0 aromatic rings. The zero-order chi connectivity index (χ0) is 19.9. The minimum Gasteiger partial charge on any atom is -0.480 e. The van der Waals surface area contributed by atoms with Crippen molar-refractivity contribution < 1.29 is 24.3 Å². The summed E-state index contributed by atoms with van der Waals surface area (Å²) in [6.45, 7) is 6.43. The SMILES string of the molecule is CC(C)C[C@H](N)C(=O)N(C)[C@@H](C)C(=O)N[C@@H](C)C(=O)N(C)CC(=O)O. The summed E-state index contributed by atoms with van der Waals surface area (Å²) < 4.78 is 0. The highest BCUT2D eigenvalue weighted by Gasteiger charge is 2.29. The maximum atomic E-state index is 12.3. The Bertz CT molecular complexity index is 509. The van der Waals surface area contributed by atoms with Crippen LogP contribution in [-0.4, -0.2) is 77.4 Å². The minimum atomic E-state index is -1.15. The molecule has 0 aromatic carbocycles. The van der Waals surface area contributed by atoms with Gasteiger partial charge in [-0.05, 0) is 26.2 Å². The minimum absolute atomic E-state index is 0.249. The number of carboxylic acid groups (broad SMARTS) is 1. The summed E-state index contributed by atoms with van der Waals surface area (Å²) in [5.74, 6) is -2.30. The second-order valence-electron chi connectivity index (χ2n) is 6.68. The summed E-state index contributed by atoms with van der Waals surface area (Å²) in [6.07, 6.45) is 0.506. The van der Waals surface area contributed by atoms with Crippen molar-refractivity contribution in [2.24, 2.45) is 11.7 Å². The van der Waals surface area contributed by atoms with Crippen LogP contribution in [0.5, 0.6) is 0 Å².